The van der Waals surface area contributed by atoms with E-state index in [1.165, 1.54) is 12.5 Å². The van der Waals surface area contributed by atoms with Crippen LogP contribution < -0.4 is 19.9 Å². The smallest absolute Gasteiger partial charge is 0.211 e. The highest BCUT2D eigenvalue weighted by Gasteiger charge is 2.36. The summed E-state index contributed by atoms with van der Waals surface area (Å²) in [4.78, 5) is 72.1. The number of aromatic nitrogens is 3. The summed E-state index contributed by atoms with van der Waals surface area (Å²) in [5.41, 5.74) is 9.26. The summed E-state index contributed by atoms with van der Waals surface area (Å²) < 4.78 is 83.8. The number of hydrogen-bond acceptors (Lipinski definition) is 20. The minimum atomic E-state index is -3.08. The van der Waals surface area contributed by atoms with Gasteiger partial charge >= 0.3 is 0 Å². The summed E-state index contributed by atoms with van der Waals surface area (Å²) >= 11 is 0. The number of Topliss-reactive ketones (excluding diaryl/α,β-unsaturated/α-hetero) is 6. The van der Waals surface area contributed by atoms with Gasteiger partial charge in [0.25, 0.3) is 0 Å². The normalized spacial score (nSPS) is 19.6. The van der Waals surface area contributed by atoms with E-state index in [4.69, 9.17) is 33.5 Å². The number of fused-ring (bicyclic) bond motifs is 9. The molecule has 5 heterocycles. The first-order chi connectivity index (χ1) is 45.8. The molecule has 3 unspecified atom stereocenters. The molecule has 0 bridgehead atoms. The highest BCUT2D eigenvalue weighted by Crippen LogP contribution is 2.41. The van der Waals surface area contributed by atoms with Crippen LogP contribution in [0.5, 0.6) is 17.2 Å². The lowest BCUT2D eigenvalue weighted by Gasteiger charge is -2.30. The van der Waals surface area contributed by atoms with E-state index in [9.17, 15) is 45.6 Å². The van der Waals surface area contributed by atoms with Crippen LogP contribution in [0.25, 0.3) is 65.2 Å². The third-order valence-electron chi connectivity index (χ3n) is 19.3. The molecule has 2 saturated heterocycles. The van der Waals surface area contributed by atoms with Crippen molar-refractivity contribution in [3.05, 3.63) is 108 Å². The van der Waals surface area contributed by atoms with Crippen molar-refractivity contribution in [3.8, 4) is 17.2 Å². The molecular formula is C71H80Cl2N6O16S2. The van der Waals surface area contributed by atoms with Gasteiger partial charge in [0.15, 0.2) is 16.7 Å². The zero-order valence-electron chi connectivity index (χ0n) is 54.2. The second kappa shape index (κ2) is 31.4. The topological polar surface area (TPSA) is 309 Å². The first kappa shape index (κ1) is 72.0. The number of halogens is 2. The molecule has 14 rings (SSSR count). The Morgan fingerprint density at radius 1 is 0.443 bits per heavy atom. The van der Waals surface area contributed by atoms with Crippen molar-refractivity contribution in [1.82, 2.24) is 24.1 Å². The van der Waals surface area contributed by atoms with Crippen molar-refractivity contribution in [2.75, 3.05) is 65.1 Å². The lowest BCUT2D eigenvalue weighted by Crippen LogP contribution is -2.37. The molecule has 5 fully saturated rings. The number of ether oxygens (including phenoxy) is 3. The van der Waals surface area contributed by atoms with Crippen molar-refractivity contribution >= 4 is 145 Å². The summed E-state index contributed by atoms with van der Waals surface area (Å²) in [6.45, 7) is 4.54. The van der Waals surface area contributed by atoms with Crippen LogP contribution in [0.1, 0.15) is 144 Å². The van der Waals surface area contributed by atoms with E-state index in [1.807, 2.05) is 91.0 Å². The Bertz CT molecular complexity index is 4440. The maximum Gasteiger partial charge on any atom is 0.211 e. The van der Waals surface area contributed by atoms with Gasteiger partial charge in [-0.3, -0.25) is 28.8 Å². The number of sulfonamides is 2. The second-order valence-corrected chi connectivity index (χ2v) is 29.8. The zero-order valence-corrected chi connectivity index (χ0v) is 57.5. The number of rotatable bonds is 18. The van der Waals surface area contributed by atoms with Crippen LogP contribution in [0.2, 0.25) is 0 Å². The molecule has 3 aromatic heterocycles. The molecule has 26 heteroatoms. The van der Waals surface area contributed by atoms with Crippen LogP contribution in [-0.4, -0.2) is 141 Å². The van der Waals surface area contributed by atoms with Gasteiger partial charge in [0.2, 0.25) is 20.0 Å². The maximum absolute atomic E-state index is 12.5. The molecule has 3 saturated carbocycles. The van der Waals surface area contributed by atoms with Crippen LogP contribution in [0.3, 0.4) is 0 Å². The summed E-state index contributed by atoms with van der Waals surface area (Å²) in [6, 6.07) is 29.0. The van der Waals surface area contributed by atoms with Gasteiger partial charge in [-0.05, 0) is 188 Å². The van der Waals surface area contributed by atoms with E-state index in [-0.39, 0.29) is 84.7 Å². The van der Waals surface area contributed by atoms with Gasteiger partial charge < -0.3 is 33.5 Å². The van der Waals surface area contributed by atoms with E-state index in [0.29, 0.717) is 137 Å². The molecular weight excluding hydrogens is 1330 g/mol. The van der Waals surface area contributed by atoms with Crippen LogP contribution in [0, 0.1) is 11.8 Å². The third kappa shape index (κ3) is 16.7. The Hall–Kier alpha value is -7.71. The Morgan fingerprint density at radius 2 is 0.753 bits per heavy atom. The predicted molar refractivity (Wildman–Crippen MR) is 371 cm³/mol. The lowest BCUT2D eigenvalue weighted by molar-refractivity contribution is -0.132. The van der Waals surface area contributed by atoms with Crippen LogP contribution in [0.4, 0.5) is 0 Å². The lowest BCUT2D eigenvalue weighted by atomic mass is 9.83. The summed E-state index contributed by atoms with van der Waals surface area (Å²) in [7, 11) is -6.17. The summed E-state index contributed by atoms with van der Waals surface area (Å²) in [6.07, 6.45) is 12.6. The largest absolute Gasteiger partial charge is 0.494 e. The molecule has 9 aromatic rings. The van der Waals surface area contributed by atoms with Gasteiger partial charge in [0, 0.05) is 52.0 Å². The molecule has 22 nitrogen and oxygen atoms in total. The van der Waals surface area contributed by atoms with Crippen LogP contribution in [-0.2, 0) is 48.8 Å². The van der Waals surface area contributed by atoms with Crippen molar-refractivity contribution in [3.63, 3.8) is 0 Å². The quantitative estimate of drug-likeness (QED) is 0.0616. The Labute approximate surface area is 573 Å². The fraction of sp³-hybridized carbons (Fsp3) is 0.451. The number of carbonyl (C=O) groups excluding carboxylic acids is 6. The van der Waals surface area contributed by atoms with Gasteiger partial charge in [0.1, 0.15) is 75.6 Å². The average Bonchev–Trinajstić information content (AvgIpc) is 1.67. The molecule has 3 aliphatic carbocycles. The number of piperidine rings is 2. The summed E-state index contributed by atoms with van der Waals surface area (Å²) in [5.74, 6) is 1.92. The Balaban J connectivity index is 0.000000159. The number of carbonyl (C=O) groups is 6. The fourth-order valence-corrected chi connectivity index (χ4v) is 15.9. The van der Waals surface area contributed by atoms with Crippen molar-refractivity contribution in [1.29, 1.82) is 0 Å². The maximum atomic E-state index is 12.5. The van der Waals surface area contributed by atoms with Gasteiger partial charge in [0.05, 0.1) is 78.9 Å². The number of hydrogen-bond donors (Lipinski definition) is 1. The minimum Gasteiger partial charge on any atom is -0.494 e. The number of benzene rings is 6. The van der Waals surface area contributed by atoms with Crippen molar-refractivity contribution in [2.24, 2.45) is 17.6 Å². The zero-order chi connectivity index (χ0) is 66.5. The standard InChI is InChI=1S/2C26H30N2O6S.C19H18N2O4.2ClH/c2*1-35(31,32)28-12-10-17(11-13-28)3-2-14-33-20-6-8-21-18(15-20)4-9-24-25(21)26(27-34-24)22-7-5-19(29)16-23(22)30;20-7-8-24-13-3-5-14-11(9-13)1-6-17-18(14)19(21-25-17)15-4-2-12(22)10-16(15)23;;/h2*4,6,8-9,15,17,22H,2-3,5,7,10-14,16H2,1H3;1,3,5-6,9,15H,2,4,7-8,10,20H2;2*1H. The molecule has 3 atom stereocenters. The van der Waals surface area contributed by atoms with Crippen LogP contribution in [0.15, 0.2) is 105 Å². The SMILES string of the molecule is CS(=O)(=O)N1CCC(CCCOc2ccc3c(ccc4onc(C5CCC(=O)CC5=O)c43)c2)CC1.CS(=O)(=O)N1CCC(CCCOc2ccc3c(ccc4onc(C5CCC(=O)CC5=O)c43)c2)CC1.Cl.Cl.NCCOc1ccc2c(ccc3onc(C4CCC(=O)CC4=O)c32)c1. The van der Waals surface area contributed by atoms with Gasteiger partial charge in [-0.2, -0.15) is 0 Å². The number of nitrogens with two attached hydrogens (primary N) is 1. The van der Waals surface area contributed by atoms with E-state index >= 15 is 0 Å². The van der Waals surface area contributed by atoms with E-state index in [2.05, 4.69) is 15.5 Å². The molecule has 0 spiro atoms. The predicted octanol–water partition coefficient (Wildman–Crippen LogP) is 12.0. The van der Waals surface area contributed by atoms with Gasteiger partial charge in [-0.1, -0.05) is 33.7 Å². The third-order valence-corrected chi connectivity index (χ3v) is 21.9. The first-order valence-corrected chi connectivity index (χ1v) is 36.5. The van der Waals surface area contributed by atoms with Crippen molar-refractivity contribution < 1.29 is 73.4 Å². The highest BCUT2D eigenvalue weighted by atomic mass is 35.5. The first-order valence-electron chi connectivity index (χ1n) is 32.8. The molecule has 2 N–H and O–H groups in total. The Morgan fingerprint density at radius 3 is 1.04 bits per heavy atom. The number of ketones is 6. The summed E-state index contributed by atoms with van der Waals surface area (Å²) in [5, 5.41) is 20.9. The second-order valence-electron chi connectivity index (χ2n) is 25.8. The van der Waals surface area contributed by atoms with Crippen LogP contribution >= 0.6 is 24.8 Å². The molecule has 0 amide bonds. The van der Waals surface area contributed by atoms with Crippen molar-refractivity contribution in [2.45, 2.75) is 127 Å². The van der Waals surface area contributed by atoms with Gasteiger partial charge in [-0.15, -0.1) is 24.8 Å². The molecule has 516 valence electrons. The molecule has 0 radical (unpaired) electrons. The minimum absolute atomic E-state index is 0. The molecule has 97 heavy (non-hydrogen) atoms. The number of nitrogens with zero attached hydrogens (tertiary/aromatic N) is 5. The monoisotopic (exact) mass is 1410 g/mol. The molecule has 6 aromatic carbocycles. The average molecular weight is 1410 g/mol. The molecule has 2 aliphatic heterocycles. The van der Waals surface area contributed by atoms with Gasteiger partial charge in [-0.25, -0.2) is 25.4 Å². The van der Waals surface area contributed by atoms with E-state index < -0.39 is 31.9 Å². The van der Waals surface area contributed by atoms with E-state index in [1.54, 1.807) is 8.61 Å². The molecule has 5 aliphatic rings. The highest BCUT2D eigenvalue weighted by molar-refractivity contribution is 7.88. The fourth-order valence-electron chi connectivity index (χ4n) is 14.1. The van der Waals surface area contributed by atoms with E-state index in [0.717, 1.165) is 117 Å². The Kier molecular flexibility index (Phi) is 23.3.